The number of aromatic nitrogens is 4. The lowest BCUT2D eigenvalue weighted by atomic mass is 9.97. The minimum Gasteiger partial charge on any atom is -0.481 e. The molecule has 1 unspecified atom stereocenters. The van der Waals surface area contributed by atoms with Gasteiger partial charge in [-0.25, -0.2) is 4.98 Å². The van der Waals surface area contributed by atoms with Crippen LogP contribution in [-0.2, 0) is 9.59 Å². The minimum atomic E-state index is -1.21. The molecule has 0 saturated heterocycles. The topological polar surface area (TPSA) is 129 Å². The fourth-order valence-corrected chi connectivity index (χ4v) is 1.47. The van der Waals surface area contributed by atoms with Gasteiger partial charge in [-0.05, 0) is 11.6 Å². The third kappa shape index (κ3) is 2.19. The molecule has 0 aromatic carbocycles. The largest absolute Gasteiger partial charge is 0.481 e. The maximum absolute atomic E-state index is 11.0. The van der Waals surface area contributed by atoms with Crippen LogP contribution in [0.1, 0.15) is 17.9 Å². The Balaban J connectivity index is 2.40. The Morgan fingerprint density at radius 3 is 2.76 bits per heavy atom. The summed E-state index contributed by atoms with van der Waals surface area (Å²) in [7, 11) is 0. The van der Waals surface area contributed by atoms with Gasteiger partial charge < -0.3 is 10.2 Å². The van der Waals surface area contributed by atoms with Crippen LogP contribution in [0.4, 0.5) is 0 Å². The summed E-state index contributed by atoms with van der Waals surface area (Å²) >= 11 is 0. The minimum absolute atomic E-state index is 0.293. The molecule has 1 atom stereocenters. The highest BCUT2D eigenvalue weighted by Gasteiger charge is 2.24. The number of hydrogen-bond donors (Lipinski definition) is 3. The van der Waals surface area contributed by atoms with Gasteiger partial charge in [0.1, 0.15) is 5.52 Å². The Labute approximate surface area is 94.3 Å². The number of nitrogens with zero attached hydrogens (tertiary/aromatic N) is 3. The molecule has 8 nitrogen and oxygen atoms in total. The van der Waals surface area contributed by atoms with Crippen LogP contribution in [0.3, 0.4) is 0 Å². The zero-order chi connectivity index (χ0) is 12.4. The second-order valence-corrected chi connectivity index (χ2v) is 3.42. The van der Waals surface area contributed by atoms with Crippen molar-refractivity contribution in [1.82, 2.24) is 20.4 Å². The van der Waals surface area contributed by atoms with E-state index in [2.05, 4.69) is 20.4 Å². The summed E-state index contributed by atoms with van der Waals surface area (Å²) in [5, 5.41) is 27.4. The Morgan fingerprint density at radius 1 is 1.35 bits per heavy atom. The van der Waals surface area contributed by atoms with E-state index >= 15 is 0 Å². The maximum Gasteiger partial charge on any atom is 0.311 e. The van der Waals surface area contributed by atoms with Gasteiger partial charge in [0.25, 0.3) is 0 Å². The Hall–Kier alpha value is -2.51. The second-order valence-electron chi connectivity index (χ2n) is 3.42. The Morgan fingerprint density at radius 2 is 2.12 bits per heavy atom. The normalized spacial score (nSPS) is 12.5. The van der Waals surface area contributed by atoms with Crippen molar-refractivity contribution in [3.05, 3.63) is 17.8 Å². The standard InChI is InChI=1S/C9H8N4O4/c14-7(15)2-5(9(16)17)4-1-6-8(10-3-4)12-13-11-6/h1,3,5H,2H2,(H,14,15)(H,16,17)(H,10,11,12,13). The summed E-state index contributed by atoms with van der Waals surface area (Å²) in [6.45, 7) is 0. The monoisotopic (exact) mass is 236 g/mol. The van der Waals surface area contributed by atoms with Crippen molar-refractivity contribution < 1.29 is 19.8 Å². The van der Waals surface area contributed by atoms with E-state index in [1.54, 1.807) is 0 Å². The summed E-state index contributed by atoms with van der Waals surface area (Å²) in [4.78, 5) is 25.4. The molecule has 88 valence electrons. The highest BCUT2D eigenvalue weighted by Crippen LogP contribution is 2.21. The van der Waals surface area contributed by atoms with E-state index in [0.29, 0.717) is 16.7 Å². The van der Waals surface area contributed by atoms with Crippen molar-refractivity contribution in [2.45, 2.75) is 12.3 Å². The first-order chi connectivity index (χ1) is 8.08. The molecule has 2 rings (SSSR count). The predicted octanol–water partition coefficient (Wildman–Crippen LogP) is -0.00420. The van der Waals surface area contributed by atoms with Gasteiger partial charge in [0.2, 0.25) is 5.65 Å². The molecule has 0 amide bonds. The van der Waals surface area contributed by atoms with E-state index in [0.717, 1.165) is 0 Å². The van der Waals surface area contributed by atoms with Crippen LogP contribution in [-0.4, -0.2) is 42.5 Å². The molecule has 0 aliphatic heterocycles. The molecular weight excluding hydrogens is 228 g/mol. The number of H-pyrrole nitrogens is 1. The molecule has 8 heteroatoms. The first-order valence-electron chi connectivity index (χ1n) is 4.69. The van der Waals surface area contributed by atoms with Crippen molar-refractivity contribution in [3.8, 4) is 0 Å². The van der Waals surface area contributed by atoms with E-state index in [9.17, 15) is 9.59 Å². The predicted molar refractivity (Wildman–Crippen MR) is 54.3 cm³/mol. The number of hydrogen-bond acceptors (Lipinski definition) is 5. The maximum atomic E-state index is 11.0. The number of pyridine rings is 1. The van der Waals surface area contributed by atoms with Gasteiger partial charge in [0.15, 0.2) is 0 Å². The zero-order valence-corrected chi connectivity index (χ0v) is 8.49. The van der Waals surface area contributed by atoms with Crippen molar-refractivity contribution in [2.24, 2.45) is 0 Å². The van der Waals surface area contributed by atoms with Gasteiger partial charge in [-0.2, -0.15) is 10.3 Å². The smallest absolute Gasteiger partial charge is 0.311 e. The molecule has 2 aromatic rings. The van der Waals surface area contributed by atoms with E-state index in [4.69, 9.17) is 10.2 Å². The van der Waals surface area contributed by atoms with Gasteiger partial charge in [-0.3, -0.25) is 9.59 Å². The molecular formula is C9H8N4O4. The van der Waals surface area contributed by atoms with E-state index in [1.807, 2.05) is 0 Å². The fraction of sp³-hybridized carbons (Fsp3) is 0.222. The highest BCUT2D eigenvalue weighted by molar-refractivity contribution is 5.83. The van der Waals surface area contributed by atoms with Crippen LogP contribution in [0.2, 0.25) is 0 Å². The highest BCUT2D eigenvalue weighted by atomic mass is 16.4. The van der Waals surface area contributed by atoms with Crippen LogP contribution in [0.25, 0.3) is 11.2 Å². The number of aliphatic carboxylic acids is 2. The van der Waals surface area contributed by atoms with Gasteiger partial charge in [0, 0.05) is 6.20 Å². The summed E-state index contributed by atoms with van der Waals surface area (Å²) in [5.74, 6) is -3.53. The molecule has 3 N–H and O–H groups in total. The average molecular weight is 236 g/mol. The number of aromatic amines is 1. The van der Waals surface area contributed by atoms with Crippen LogP contribution in [0.5, 0.6) is 0 Å². The van der Waals surface area contributed by atoms with Gasteiger partial charge >= 0.3 is 11.9 Å². The number of rotatable bonds is 4. The summed E-state index contributed by atoms with van der Waals surface area (Å²) in [6.07, 6.45) is 0.799. The molecule has 0 aliphatic carbocycles. The van der Waals surface area contributed by atoms with E-state index < -0.39 is 24.3 Å². The first-order valence-corrected chi connectivity index (χ1v) is 4.69. The number of carbonyl (C=O) groups is 2. The lowest BCUT2D eigenvalue weighted by molar-refractivity contribution is -0.145. The number of nitrogens with one attached hydrogen (secondary N) is 1. The molecule has 0 spiro atoms. The summed E-state index contributed by atoms with van der Waals surface area (Å²) in [6, 6.07) is 1.47. The summed E-state index contributed by atoms with van der Waals surface area (Å²) < 4.78 is 0. The molecule has 2 aromatic heterocycles. The fourth-order valence-electron chi connectivity index (χ4n) is 1.47. The second kappa shape index (κ2) is 4.16. The van der Waals surface area contributed by atoms with Crippen molar-refractivity contribution in [1.29, 1.82) is 0 Å². The molecule has 2 heterocycles. The molecule has 0 aliphatic rings. The van der Waals surface area contributed by atoms with Gasteiger partial charge in [-0.15, -0.1) is 5.10 Å². The molecule has 0 bridgehead atoms. The number of fused-ring (bicyclic) bond motifs is 1. The lowest BCUT2D eigenvalue weighted by Gasteiger charge is -2.08. The Bertz CT molecular complexity index is 579. The van der Waals surface area contributed by atoms with Crippen molar-refractivity contribution in [2.75, 3.05) is 0 Å². The summed E-state index contributed by atoms with van der Waals surface area (Å²) in [5.41, 5.74) is 1.05. The number of carboxylic acids is 2. The SMILES string of the molecule is O=C(O)CC(C(=O)O)c1cnc2n[nH]nc2c1. The molecule has 0 fully saturated rings. The third-order valence-corrected chi connectivity index (χ3v) is 2.27. The van der Waals surface area contributed by atoms with Crippen LogP contribution in [0, 0.1) is 0 Å². The number of carboxylic acid groups (broad SMARTS) is 2. The van der Waals surface area contributed by atoms with Crippen molar-refractivity contribution in [3.63, 3.8) is 0 Å². The van der Waals surface area contributed by atoms with Crippen LogP contribution >= 0.6 is 0 Å². The van der Waals surface area contributed by atoms with E-state index in [1.165, 1.54) is 12.3 Å². The Kier molecular flexibility index (Phi) is 2.69. The van der Waals surface area contributed by atoms with E-state index in [-0.39, 0.29) is 0 Å². The van der Waals surface area contributed by atoms with Crippen LogP contribution in [0.15, 0.2) is 12.3 Å². The quantitative estimate of drug-likeness (QED) is 0.680. The first kappa shape index (κ1) is 11.0. The third-order valence-electron chi connectivity index (χ3n) is 2.27. The molecule has 17 heavy (non-hydrogen) atoms. The zero-order valence-electron chi connectivity index (χ0n) is 8.49. The molecule has 0 saturated carbocycles. The van der Waals surface area contributed by atoms with Gasteiger partial charge in [0.05, 0.1) is 12.3 Å². The van der Waals surface area contributed by atoms with Gasteiger partial charge in [-0.1, -0.05) is 0 Å². The lowest BCUT2D eigenvalue weighted by Crippen LogP contribution is -2.16. The van der Waals surface area contributed by atoms with Crippen molar-refractivity contribution >= 4 is 23.1 Å². The average Bonchev–Trinajstić information content (AvgIpc) is 2.72. The van der Waals surface area contributed by atoms with Crippen LogP contribution < -0.4 is 0 Å². The molecule has 0 radical (unpaired) electrons.